The fraction of sp³-hybridized carbons (Fsp3) is 0.462. The molecule has 18 heavy (non-hydrogen) atoms. The minimum absolute atomic E-state index is 0.000538. The predicted molar refractivity (Wildman–Crippen MR) is 78.9 cm³/mol. The summed E-state index contributed by atoms with van der Waals surface area (Å²) in [6.07, 6.45) is 1.82. The van der Waals surface area contributed by atoms with Gasteiger partial charge in [-0.25, -0.2) is 0 Å². The summed E-state index contributed by atoms with van der Waals surface area (Å²) in [6.45, 7) is 2.53. The average Bonchev–Trinajstić information content (AvgIpc) is 2.33. The molecule has 0 heterocycles. The van der Waals surface area contributed by atoms with E-state index in [2.05, 4.69) is 34.8 Å². The van der Waals surface area contributed by atoms with Crippen molar-refractivity contribution in [3.8, 4) is 5.75 Å². The molecule has 1 unspecified atom stereocenters. The van der Waals surface area contributed by atoms with Crippen LogP contribution in [0.25, 0.3) is 0 Å². The Labute approximate surface area is 121 Å². The minimum atomic E-state index is -0.262. The number of benzene rings is 1. The van der Waals surface area contributed by atoms with Crippen LogP contribution in [-0.2, 0) is 4.74 Å². The summed E-state index contributed by atoms with van der Waals surface area (Å²) in [5, 5.41) is 12.6. The molecule has 0 saturated heterocycles. The van der Waals surface area contributed by atoms with Gasteiger partial charge in [-0.1, -0.05) is 13.3 Å². The highest BCUT2D eigenvalue weighted by Crippen LogP contribution is 2.19. The Hall–Kier alpha value is -0.820. The van der Waals surface area contributed by atoms with Crippen molar-refractivity contribution in [2.75, 3.05) is 13.7 Å². The van der Waals surface area contributed by atoms with E-state index >= 15 is 0 Å². The summed E-state index contributed by atoms with van der Waals surface area (Å²) in [6, 6.07) is 4.93. The number of phenolic OH excluding ortho intramolecular Hbond substituents is 1. The summed E-state index contributed by atoms with van der Waals surface area (Å²) in [5.41, 5.74) is 0.305. The van der Waals surface area contributed by atoms with Gasteiger partial charge in [-0.3, -0.25) is 4.79 Å². The molecule has 2 N–H and O–H groups in total. The van der Waals surface area contributed by atoms with Crippen LogP contribution in [0.5, 0.6) is 5.75 Å². The van der Waals surface area contributed by atoms with Gasteiger partial charge in [0.05, 0.1) is 18.2 Å². The van der Waals surface area contributed by atoms with E-state index in [0.29, 0.717) is 12.2 Å². The van der Waals surface area contributed by atoms with E-state index in [1.807, 2.05) is 0 Å². The smallest absolute Gasteiger partial charge is 0.255 e. The number of amides is 1. The molecule has 0 radical (unpaired) electrons. The molecular formula is C13H18INO3. The molecule has 0 fully saturated rings. The van der Waals surface area contributed by atoms with E-state index in [1.165, 1.54) is 6.07 Å². The highest BCUT2D eigenvalue weighted by atomic mass is 127. The van der Waals surface area contributed by atoms with Crippen LogP contribution in [0, 0.1) is 3.57 Å². The molecule has 100 valence electrons. The van der Waals surface area contributed by atoms with E-state index < -0.39 is 0 Å². The summed E-state index contributed by atoms with van der Waals surface area (Å²) < 4.78 is 5.98. The third-order valence-corrected chi connectivity index (χ3v) is 3.21. The molecule has 0 aliphatic carbocycles. The number of nitrogens with one attached hydrogen (secondary N) is 1. The Balaban J connectivity index is 2.76. The zero-order chi connectivity index (χ0) is 13.5. The Morgan fingerprint density at radius 3 is 2.89 bits per heavy atom. The molecule has 4 nitrogen and oxygen atoms in total. The first-order valence-electron chi connectivity index (χ1n) is 5.86. The van der Waals surface area contributed by atoms with Crippen molar-refractivity contribution in [1.82, 2.24) is 5.32 Å². The Morgan fingerprint density at radius 1 is 1.56 bits per heavy atom. The SMILES string of the molecule is CCCC(COC)NC(=O)c1cc(I)ccc1O. The maximum Gasteiger partial charge on any atom is 0.255 e. The van der Waals surface area contributed by atoms with Crippen molar-refractivity contribution >= 4 is 28.5 Å². The summed E-state index contributed by atoms with van der Waals surface area (Å²) in [7, 11) is 1.61. The predicted octanol–water partition coefficient (Wildman–Crippen LogP) is 2.54. The molecule has 1 aromatic carbocycles. The van der Waals surface area contributed by atoms with Gasteiger partial charge in [0.25, 0.3) is 5.91 Å². The molecule has 1 atom stereocenters. The number of rotatable bonds is 6. The second-order valence-electron chi connectivity index (χ2n) is 4.08. The van der Waals surface area contributed by atoms with Crippen LogP contribution in [0.15, 0.2) is 18.2 Å². The fourth-order valence-electron chi connectivity index (χ4n) is 1.70. The molecule has 1 rings (SSSR count). The van der Waals surface area contributed by atoms with E-state index in [-0.39, 0.29) is 17.7 Å². The molecule has 0 spiro atoms. The first-order valence-corrected chi connectivity index (χ1v) is 6.94. The highest BCUT2D eigenvalue weighted by molar-refractivity contribution is 14.1. The topological polar surface area (TPSA) is 58.6 Å². The van der Waals surface area contributed by atoms with Crippen molar-refractivity contribution in [2.45, 2.75) is 25.8 Å². The quantitative estimate of drug-likeness (QED) is 0.764. The molecule has 0 aromatic heterocycles. The number of phenols is 1. The van der Waals surface area contributed by atoms with Gasteiger partial charge >= 0.3 is 0 Å². The maximum absolute atomic E-state index is 12.0. The summed E-state index contributed by atoms with van der Waals surface area (Å²) >= 11 is 2.11. The molecule has 0 saturated carbocycles. The van der Waals surface area contributed by atoms with Crippen LogP contribution in [0.3, 0.4) is 0 Å². The Bertz CT molecular complexity index is 403. The molecule has 1 amide bonds. The van der Waals surface area contributed by atoms with Crippen LogP contribution >= 0.6 is 22.6 Å². The Morgan fingerprint density at radius 2 is 2.28 bits per heavy atom. The summed E-state index contributed by atoms with van der Waals surface area (Å²) in [4.78, 5) is 12.0. The lowest BCUT2D eigenvalue weighted by Crippen LogP contribution is -2.38. The number of carbonyl (C=O) groups excluding carboxylic acids is 1. The lowest BCUT2D eigenvalue weighted by molar-refractivity contribution is 0.0889. The second kappa shape index (κ2) is 7.58. The molecule has 1 aromatic rings. The number of methoxy groups -OCH3 is 1. The number of aromatic hydroxyl groups is 1. The standard InChI is InChI=1S/C13H18INO3/c1-3-4-10(8-18-2)15-13(17)11-7-9(14)5-6-12(11)16/h5-7,10,16H,3-4,8H2,1-2H3,(H,15,17). The van der Waals surface area contributed by atoms with Crippen LogP contribution in [0.4, 0.5) is 0 Å². The van der Waals surface area contributed by atoms with Crippen LogP contribution in [0.2, 0.25) is 0 Å². The maximum atomic E-state index is 12.0. The lowest BCUT2D eigenvalue weighted by atomic mass is 10.1. The average molecular weight is 363 g/mol. The van der Waals surface area contributed by atoms with Gasteiger partial charge in [0.2, 0.25) is 0 Å². The van der Waals surface area contributed by atoms with Gasteiger partial charge in [-0.2, -0.15) is 0 Å². The van der Waals surface area contributed by atoms with Crippen molar-refractivity contribution in [1.29, 1.82) is 0 Å². The van der Waals surface area contributed by atoms with Crippen molar-refractivity contribution in [2.24, 2.45) is 0 Å². The van der Waals surface area contributed by atoms with E-state index in [4.69, 9.17) is 4.74 Å². The molecule has 0 aliphatic heterocycles. The first kappa shape index (κ1) is 15.2. The van der Waals surface area contributed by atoms with E-state index in [9.17, 15) is 9.90 Å². The van der Waals surface area contributed by atoms with Gasteiger partial charge in [-0.05, 0) is 47.2 Å². The van der Waals surface area contributed by atoms with Crippen LogP contribution < -0.4 is 5.32 Å². The zero-order valence-corrected chi connectivity index (χ0v) is 12.7. The van der Waals surface area contributed by atoms with Crippen molar-refractivity contribution in [3.05, 3.63) is 27.3 Å². The monoisotopic (exact) mass is 363 g/mol. The summed E-state index contributed by atoms with van der Waals surface area (Å²) in [5.74, 6) is -0.262. The number of ether oxygens (including phenoxy) is 1. The van der Waals surface area contributed by atoms with Gasteiger partial charge in [-0.15, -0.1) is 0 Å². The number of carbonyl (C=O) groups is 1. The normalized spacial score (nSPS) is 12.2. The largest absolute Gasteiger partial charge is 0.507 e. The number of hydrogen-bond acceptors (Lipinski definition) is 3. The van der Waals surface area contributed by atoms with Gasteiger partial charge in [0.1, 0.15) is 5.75 Å². The zero-order valence-electron chi connectivity index (χ0n) is 10.6. The number of hydrogen-bond donors (Lipinski definition) is 2. The van der Waals surface area contributed by atoms with Crippen LogP contribution in [0.1, 0.15) is 30.1 Å². The van der Waals surface area contributed by atoms with E-state index in [0.717, 1.165) is 16.4 Å². The molecule has 0 aliphatic rings. The first-order chi connectivity index (χ1) is 8.58. The molecular weight excluding hydrogens is 345 g/mol. The molecule has 0 bridgehead atoms. The minimum Gasteiger partial charge on any atom is -0.507 e. The van der Waals surface area contributed by atoms with Gasteiger partial charge < -0.3 is 15.2 Å². The fourth-order valence-corrected chi connectivity index (χ4v) is 2.19. The number of halogens is 1. The third kappa shape index (κ3) is 4.45. The molecule has 5 heteroatoms. The van der Waals surface area contributed by atoms with Gasteiger partial charge in [0, 0.05) is 10.7 Å². The van der Waals surface area contributed by atoms with Gasteiger partial charge in [0.15, 0.2) is 0 Å². The third-order valence-electron chi connectivity index (χ3n) is 2.54. The van der Waals surface area contributed by atoms with Crippen molar-refractivity contribution < 1.29 is 14.6 Å². The second-order valence-corrected chi connectivity index (χ2v) is 5.32. The Kier molecular flexibility index (Phi) is 6.42. The van der Waals surface area contributed by atoms with Crippen molar-refractivity contribution in [3.63, 3.8) is 0 Å². The lowest BCUT2D eigenvalue weighted by Gasteiger charge is -2.17. The van der Waals surface area contributed by atoms with Crippen LogP contribution in [-0.4, -0.2) is 30.8 Å². The highest BCUT2D eigenvalue weighted by Gasteiger charge is 2.16. The van der Waals surface area contributed by atoms with E-state index in [1.54, 1.807) is 19.2 Å².